The highest BCUT2D eigenvalue weighted by atomic mass is 16.6. The van der Waals surface area contributed by atoms with Crippen LogP contribution in [0.1, 0.15) is 18.1 Å². The maximum Gasteiger partial charge on any atom is 0.294 e. The number of rotatable bonds is 7. The number of carboxylic acid groups (broad SMARTS) is 1. The highest BCUT2D eigenvalue weighted by Gasteiger charge is 2.12. The predicted molar refractivity (Wildman–Crippen MR) is 90.6 cm³/mol. The Hall–Kier alpha value is -3.42. The molecule has 1 N–H and O–H groups in total. The van der Waals surface area contributed by atoms with Gasteiger partial charge in [0.25, 0.3) is 5.69 Å². The van der Waals surface area contributed by atoms with Crippen molar-refractivity contribution in [1.29, 1.82) is 0 Å². The van der Waals surface area contributed by atoms with E-state index in [2.05, 4.69) is 10.5 Å². The molecule has 8 heteroatoms. The van der Waals surface area contributed by atoms with Crippen molar-refractivity contribution in [2.24, 2.45) is 5.10 Å². The molecule has 0 spiro atoms. The molecule has 0 bridgehead atoms. The van der Waals surface area contributed by atoms with Crippen LogP contribution < -0.4 is 15.3 Å². The Balaban J connectivity index is 2.28. The molecule has 0 heterocycles. The van der Waals surface area contributed by atoms with Crippen LogP contribution in [-0.4, -0.2) is 23.7 Å². The average Bonchev–Trinajstić information content (AvgIpc) is 2.59. The fourth-order valence-corrected chi connectivity index (χ4v) is 2.23. The van der Waals surface area contributed by atoms with E-state index in [1.165, 1.54) is 13.2 Å². The molecule has 2 aromatic rings. The fourth-order valence-electron chi connectivity index (χ4n) is 2.23. The molecule has 0 amide bonds. The summed E-state index contributed by atoms with van der Waals surface area (Å²) in [5.74, 6) is -0.782. The van der Waals surface area contributed by atoms with Gasteiger partial charge in [0.1, 0.15) is 11.4 Å². The summed E-state index contributed by atoms with van der Waals surface area (Å²) >= 11 is 0. The predicted octanol–water partition coefficient (Wildman–Crippen LogP) is 1.73. The Kier molecular flexibility index (Phi) is 5.67. The number of hydrazone groups is 1. The summed E-state index contributed by atoms with van der Waals surface area (Å²) in [4.78, 5) is 21.4. The van der Waals surface area contributed by atoms with Crippen LogP contribution in [0, 0.1) is 10.1 Å². The van der Waals surface area contributed by atoms with Crippen molar-refractivity contribution in [2.75, 3.05) is 12.5 Å². The maximum atomic E-state index is 11.0. The van der Waals surface area contributed by atoms with Gasteiger partial charge in [-0.15, -0.1) is 0 Å². The number of nitrogens with zero attached hydrogens (tertiary/aromatic N) is 2. The van der Waals surface area contributed by atoms with Crippen molar-refractivity contribution in [2.45, 2.75) is 13.3 Å². The van der Waals surface area contributed by atoms with E-state index in [0.29, 0.717) is 22.6 Å². The van der Waals surface area contributed by atoms with E-state index >= 15 is 0 Å². The van der Waals surface area contributed by atoms with Crippen LogP contribution in [0.3, 0.4) is 0 Å². The first-order chi connectivity index (χ1) is 11.9. The number of carboxylic acids is 1. The number of hydrogen-bond donors (Lipinski definition) is 1. The number of ether oxygens (including phenoxy) is 1. The van der Waals surface area contributed by atoms with Crippen molar-refractivity contribution in [3.05, 3.63) is 63.7 Å². The number of nitrogens with one attached hydrogen (secondary N) is 1. The lowest BCUT2D eigenvalue weighted by Crippen LogP contribution is -2.24. The molecule has 130 valence electrons. The van der Waals surface area contributed by atoms with Gasteiger partial charge in [-0.3, -0.25) is 15.5 Å². The number of nitro benzene ring substituents is 1. The Morgan fingerprint density at radius 2 is 2.00 bits per heavy atom. The molecule has 25 heavy (non-hydrogen) atoms. The van der Waals surface area contributed by atoms with Gasteiger partial charge >= 0.3 is 0 Å². The molecule has 0 aliphatic carbocycles. The van der Waals surface area contributed by atoms with Gasteiger partial charge in [-0.2, -0.15) is 5.10 Å². The van der Waals surface area contributed by atoms with E-state index in [1.54, 1.807) is 43.3 Å². The van der Waals surface area contributed by atoms with Crippen molar-refractivity contribution in [3.8, 4) is 5.75 Å². The van der Waals surface area contributed by atoms with Gasteiger partial charge in [0.2, 0.25) is 0 Å². The normalized spacial score (nSPS) is 11.0. The molecule has 0 fully saturated rings. The summed E-state index contributed by atoms with van der Waals surface area (Å²) in [5, 5.41) is 26.0. The first kappa shape index (κ1) is 17.9. The minimum absolute atomic E-state index is 0.0913. The second kappa shape index (κ2) is 7.91. The Labute approximate surface area is 143 Å². The number of hydrogen-bond acceptors (Lipinski definition) is 7. The number of carbonyl (C=O) groups excluding carboxylic acids is 1. The Morgan fingerprint density at radius 3 is 2.64 bits per heavy atom. The fraction of sp³-hybridized carbons (Fsp3) is 0.176. The zero-order chi connectivity index (χ0) is 18.4. The zero-order valence-electron chi connectivity index (χ0n) is 13.7. The van der Waals surface area contributed by atoms with E-state index < -0.39 is 10.9 Å². The Bertz CT molecular complexity index is 833. The molecular weight excluding hydrogens is 326 g/mol. The third-order valence-corrected chi connectivity index (χ3v) is 3.48. The summed E-state index contributed by atoms with van der Waals surface area (Å²) in [6, 6.07) is 11.1. The first-order valence-electron chi connectivity index (χ1n) is 7.33. The van der Waals surface area contributed by atoms with Gasteiger partial charge in [0.15, 0.2) is 0 Å². The van der Waals surface area contributed by atoms with Crippen LogP contribution in [0.5, 0.6) is 5.75 Å². The summed E-state index contributed by atoms with van der Waals surface area (Å²) in [6.45, 7) is 1.70. The van der Waals surface area contributed by atoms with Gasteiger partial charge in [0.05, 0.1) is 17.7 Å². The van der Waals surface area contributed by atoms with E-state index in [-0.39, 0.29) is 17.8 Å². The number of aliphatic carboxylic acids is 1. The lowest BCUT2D eigenvalue weighted by atomic mass is 10.0. The van der Waals surface area contributed by atoms with E-state index in [1.807, 2.05) is 0 Å². The number of methoxy groups -OCH3 is 1. The second-order valence-electron chi connectivity index (χ2n) is 5.16. The first-order valence-corrected chi connectivity index (χ1v) is 7.33. The van der Waals surface area contributed by atoms with Crippen LogP contribution in [0.25, 0.3) is 0 Å². The van der Waals surface area contributed by atoms with Crippen molar-refractivity contribution in [1.82, 2.24) is 0 Å². The average molecular weight is 342 g/mol. The van der Waals surface area contributed by atoms with Gasteiger partial charge in [-0.25, -0.2) is 0 Å². The lowest BCUT2D eigenvalue weighted by molar-refractivity contribution is -0.384. The molecule has 2 rings (SSSR count). The van der Waals surface area contributed by atoms with Crippen molar-refractivity contribution >= 4 is 23.1 Å². The van der Waals surface area contributed by atoms with E-state index in [4.69, 9.17) is 4.74 Å². The summed E-state index contributed by atoms with van der Waals surface area (Å²) < 4.78 is 5.13. The van der Waals surface area contributed by atoms with Gasteiger partial charge in [0, 0.05) is 24.0 Å². The van der Waals surface area contributed by atoms with Crippen LogP contribution in [0.2, 0.25) is 0 Å². The zero-order valence-corrected chi connectivity index (χ0v) is 13.7. The quantitative estimate of drug-likeness (QED) is 0.465. The van der Waals surface area contributed by atoms with Gasteiger partial charge in [-0.05, 0) is 36.8 Å². The number of para-hydroxylation sites is 2. The highest BCUT2D eigenvalue weighted by Crippen LogP contribution is 2.24. The van der Waals surface area contributed by atoms with E-state index in [0.717, 1.165) is 0 Å². The number of anilines is 1. The van der Waals surface area contributed by atoms with Crippen LogP contribution in [0.15, 0.2) is 47.6 Å². The number of benzene rings is 2. The number of nitro groups is 1. The van der Waals surface area contributed by atoms with E-state index in [9.17, 15) is 20.0 Å². The highest BCUT2D eigenvalue weighted by molar-refractivity contribution is 5.99. The molecule has 0 saturated carbocycles. The lowest BCUT2D eigenvalue weighted by Gasteiger charge is -2.11. The van der Waals surface area contributed by atoms with Crippen LogP contribution in [0.4, 0.5) is 11.4 Å². The molecule has 0 atom stereocenters. The summed E-state index contributed by atoms with van der Waals surface area (Å²) in [5.41, 5.74) is 4.48. The molecule has 2 aromatic carbocycles. The summed E-state index contributed by atoms with van der Waals surface area (Å²) in [6.07, 6.45) is -0.290. The van der Waals surface area contributed by atoms with Crippen molar-refractivity contribution in [3.63, 3.8) is 0 Å². The molecule has 0 aromatic heterocycles. The topological polar surface area (TPSA) is 117 Å². The van der Waals surface area contributed by atoms with Gasteiger partial charge in [-0.1, -0.05) is 12.1 Å². The van der Waals surface area contributed by atoms with Crippen LogP contribution >= 0.6 is 0 Å². The largest absolute Gasteiger partial charge is 0.550 e. The molecule has 0 aliphatic rings. The molecular formula is C17H16N3O5-. The van der Waals surface area contributed by atoms with Gasteiger partial charge < -0.3 is 14.6 Å². The Morgan fingerprint density at radius 1 is 1.28 bits per heavy atom. The third-order valence-electron chi connectivity index (χ3n) is 3.48. The SMILES string of the molecule is COc1ccc(/C(C)=N\Nc2ccccc2[N+](=O)[O-])cc1CC(=O)[O-]. The molecule has 0 aliphatic heterocycles. The number of carbonyl (C=O) groups is 1. The molecule has 0 radical (unpaired) electrons. The summed E-state index contributed by atoms with van der Waals surface area (Å²) in [7, 11) is 1.45. The minimum Gasteiger partial charge on any atom is -0.550 e. The smallest absolute Gasteiger partial charge is 0.294 e. The molecule has 8 nitrogen and oxygen atoms in total. The monoisotopic (exact) mass is 342 g/mol. The minimum atomic E-state index is -1.22. The molecule has 0 unspecified atom stereocenters. The maximum absolute atomic E-state index is 11.0. The standard InChI is InChI=1S/C17H17N3O5/c1-11(18-19-14-5-3-4-6-15(14)20(23)24)12-7-8-16(25-2)13(9-12)10-17(21)22/h3-9,19H,10H2,1-2H3,(H,21,22)/p-1/b18-11-. The second-order valence-corrected chi connectivity index (χ2v) is 5.16. The molecule has 0 saturated heterocycles. The third kappa shape index (κ3) is 4.54. The van der Waals surface area contributed by atoms with Crippen molar-refractivity contribution < 1.29 is 19.6 Å². The van der Waals surface area contributed by atoms with Crippen LogP contribution in [-0.2, 0) is 11.2 Å².